The average Bonchev–Trinajstić information content (AvgIpc) is 2.91. The Bertz CT molecular complexity index is 1290. The van der Waals surface area contributed by atoms with Gasteiger partial charge in [0.15, 0.2) is 0 Å². The minimum atomic E-state index is -0.408. The van der Waals surface area contributed by atoms with Gasteiger partial charge in [0.05, 0.1) is 18.3 Å². The molecule has 5 rings (SSSR count). The summed E-state index contributed by atoms with van der Waals surface area (Å²) in [5, 5.41) is 15.3. The van der Waals surface area contributed by atoms with E-state index in [2.05, 4.69) is 59.9 Å². The van der Waals surface area contributed by atoms with Crippen molar-refractivity contribution in [3.8, 4) is 5.75 Å². The molecule has 0 aromatic heterocycles. The summed E-state index contributed by atoms with van der Waals surface area (Å²) in [7, 11) is 0. The van der Waals surface area contributed by atoms with Gasteiger partial charge in [-0.1, -0.05) is 60.7 Å². The van der Waals surface area contributed by atoms with Crippen LogP contribution in [0.3, 0.4) is 0 Å². The number of rotatable bonds is 7. The first-order chi connectivity index (χ1) is 17.2. The van der Waals surface area contributed by atoms with Crippen molar-refractivity contribution in [1.29, 1.82) is 0 Å². The maximum absolute atomic E-state index is 12.2. The minimum Gasteiger partial charge on any atom is -0.508 e. The van der Waals surface area contributed by atoms with Gasteiger partial charge in [-0.25, -0.2) is 4.79 Å². The van der Waals surface area contributed by atoms with Crippen LogP contribution in [0.5, 0.6) is 5.75 Å². The first-order valence-electron chi connectivity index (χ1n) is 12.0. The van der Waals surface area contributed by atoms with E-state index in [1.54, 1.807) is 12.1 Å². The van der Waals surface area contributed by atoms with Crippen LogP contribution in [0, 0.1) is 0 Å². The Balaban J connectivity index is 0.00000304. The van der Waals surface area contributed by atoms with Crippen molar-refractivity contribution in [2.45, 2.75) is 31.7 Å². The number of hydrogen-bond donors (Lipinski definition) is 2. The topological polar surface area (TPSA) is 67.8 Å². The molecule has 0 bridgehead atoms. The first kappa shape index (κ1) is 25.7. The Labute approximate surface area is 217 Å². The smallest absolute Gasteiger partial charge is 0.338 e. The van der Waals surface area contributed by atoms with Gasteiger partial charge in [0.1, 0.15) is 12.4 Å². The molecule has 6 heteroatoms. The SMILES string of the molecule is Cl.O=C(OCc1ccc(C2CCNCC2OCc2ccc3ccccc3c2)cc1)c1ccc(O)cc1. The lowest BCUT2D eigenvalue weighted by Gasteiger charge is -2.32. The van der Waals surface area contributed by atoms with Gasteiger partial charge in [-0.3, -0.25) is 0 Å². The molecule has 1 aliphatic rings. The van der Waals surface area contributed by atoms with Crippen molar-refractivity contribution in [2.24, 2.45) is 0 Å². The summed E-state index contributed by atoms with van der Waals surface area (Å²) in [6.45, 7) is 2.57. The minimum absolute atomic E-state index is 0. The first-order valence-corrected chi connectivity index (χ1v) is 12.0. The molecule has 0 aliphatic carbocycles. The normalized spacial score (nSPS) is 17.3. The van der Waals surface area contributed by atoms with Gasteiger partial charge in [-0.15, -0.1) is 12.4 Å². The van der Waals surface area contributed by atoms with Gasteiger partial charge in [-0.05, 0) is 70.8 Å². The van der Waals surface area contributed by atoms with Gasteiger partial charge >= 0.3 is 5.97 Å². The number of piperidine rings is 1. The second kappa shape index (κ2) is 12.0. The van der Waals surface area contributed by atoms with E-state index >= 15 is 0 Å². The molecular formula is C30H30ClNO4. The Hall–Kier alpha value is -3.38. The second-order valence-corrected chi connectivity index (χ2v) is 8.99. The second-order valence-electron chi connectivity index (χ2n) is 8.99. The summed E-state index contributed by atoms with van der Waals surface area (Å²) in [6.07, 6.45) is 1.10. The quantitative estimate of drug-likeness (QED) is 0.303. The molecule has 186 valence electrons. The Morgan fingerprint density at radius 2 is 1.58 bits per heavy atom. The van der Waals surface area contributed by atoms with Crippen LogP contribution in [-0.4, -0.2) is 30.3 Å². The molecule has 0 spiro atoms. The van der Waals surface area contributed by atoms with Crippen LogP contribution >= 0.6 is 12.4 Å². The average molecular weight is 504 g/mol. The number of fused-ring (bicyclic) bond motifs is 1. The molecule has 0 amide bonds. The van der Waals surface area contributed by atoms with Crippen molar-refractivity contribution < 1.29 is 19.4 Å². The molecule has 2 N–H and O–H groups in total. The molecule has 1 saturated heterocycles. The van der Waals surface area contributed by atoms with Gasteiger partial charge < -0.3 is 19.9 Å². The lowest BCUT2D eigenvalue weighted by atomic mass is 9.87. The predicted molar refractivity (Wildman–Crippen MR) is 144 cm³/mol. The molecule has 4 aromatic carbocycles. The van der Waals surface area contributed by atoms with Crippen LogP contribution < -0.4 is 5.32 Å². The maximum atomic E-state index is 12.2. The van der Waals surface area contributed by atoms with Crippen LogP contribution in [0.25, 0.3) is 10.8 Å². The summed E-state index contributed by atoms with van der Waals surface area (Å²) in [5.74, 6) is 0.0227. The number of ether oxygens (including phenoxy) is 2. The fourth-order valence-electron chi connectivity index (χ4n) is 4.61. The highest BCUT2D eigenvalue weighted by Gasteiger charge is 2.27. The monoisotopic (exact) mass is 503 g/mol. The number of benzene rings is 4. The largest absolute Gasteiger partial charge is 0.508 e. The molecule has 1 heterocycles. The molecule has 1 fully saturated rings. The summed E-state index contributed by atoms with van der Waals surface area (Å²) < 4.78 is 11.8. The van der Waals surface area contributed by atoms with Crippen LogP contribution in [0.15, 0.2) is 91.0 Å². The zero-order valence-electron chi connectivity index (χ0n) is 19.9. The molecule has 0 saturated carbocycles. The van der Waals surface area contributed by atoms with Crippen LogP contribution in [0.4, 0.5) is 0 Å². The molecule has 4 aromatic rings. The van der Waals surface area contributed by atoms with Crippen molar-refractivity contribution >= 4 is 29.1 Å². The number of carbonyl (C=O) groups is 1. The van der Waals surface area contributed by atoms with Gasteiger partial charge in [0.2, 0.25) is 0 Å². The predicted octanol–water partition coefficient (Wildman–Crippen LogP) is 5.99. The number of nitrogens with one attached hydrogen (secondary N) is 1. The number of phenolic OH excluding ortho intramolecular Hbond substituents is 1. The standard InChI is InChI=1S/C30H29NO4.ClH/c32-27-13-11-25(12-14-27)30(33)35-19-21-5-9-24(10-6-21)28-15-16-31-18-29(28)34-20-22-7-8-23-3-1-2-4-26(23)17-22;/h1-14,17,28-29,31-32H,15-16,18-20H2;1H. The van der Waals surface area contributed by atoms with Crippen LogP contribution in [0.2, 0.25) is 0 Å². The summed E-state index contributed by atoms with van der Waals surface area (Å²) in [5.41, 5.74) is 3.77. The van der Waals surface area contributed by atoms with Gasteiger partial charge in [-0.2, -0.15) is 0 Å². The Morgan fingerprint density at radius 3 is 2.36 bits per heavy atom. The van der Waals surface area contributed by atoms with E-state index in [9.17, 15) is 9.90 Å². The van der Waals surface area contributed by atoms with E-state index in [1.165, 1.54) is 34.0 Å². The fraction of sp³-hybridized carbons (Fsp3) is 0.233. The summed E-state index contributed by atoms with van der Waals surface area (Å²) in [6, 6.07) is 29.2. The lowest BCUT2D eigenvalue weighted by molar-refractivity contribution is 0.0106. The Kier molecular flexibility index (Phi) is 8.60. The van der Waals surface area contributed by atoms with E-state index in [-0.39, 0.29) is 30.9 Å². The summed E-state index contributed by atoms with van der Waals surface area (Å²) in [4.78, 5) is 12.2. The number of hydrogen-bond acceptors (Lipinski definition) is 5. The number of carbonyl (C=O) groups excluding carboxylic acids is 1. The zero-order chi connectivity index (χ0) is 24.0. The van der Waals surface area contributed by atoms with Crippen molar-refractivity contribution in [3.05, 3.63) is 113 Å². The number of phenols is 1. The highest BCUT2D eigenvalue weighted by Crippen LogP contribution is 2.29. The maximum Gasteiger partial charge on any atom is 0.338 e. The van der Waals surface area contributed by atoms with E-state index in [0.29, 0.717) is 18.1 Å². The van der Waals surface area contributed by atoms with E-state index in [0.717, 1.165) is 25.1 Å². The Morgan fingerprint density at radius 1 is 0.861 bits per heavy atom. The molecule has 2 unspecified atom stereocenters. The van der Waals surface area contributed by atoms with Gasteiger partial charge in [0, 0.05) is 12.5 Å². The molecule has 2 atom stereocenters. The van der Waals surface area contributed by atoms with E-state index in [1.807, 2.05) is 12.1 Å². The van der Waals surface area contributed by atoms with Crippen LogP contribution in [-0.2, 0) is 22.7 Å². The highest BCUT2D eigenvalue weighted by molar-refractivity contribution is 5.89. The molecule has 5 nitrogen and oxygen atoms in total. The van der Waals surface area contributed by atoms with E-state index < -0.39 is 5.97 Å². The fourth-order valence-corrected chi connectivity index (χ4v) is 4.61. The molecule has 1 aliphatic heterocycles. The third kappa shape index (κ3) is 6.24. The van der Waals surface area contributed by atoms with E-state index in [4.69, 9.17) is 9.47 Å². The van der Waals surface area contributed by atoms with Gasteiger partial charge in [0.25, 0.3) is 0 Å². The highest BCUT2D eigenvalue weighted by atomic mass is 35.5. The zero-order valence-corrected chi connectivity index (χ0v) is 20.7. The third-order valence-corrected chi connectivity index (χ3v) is 6.59. The van der Waals surface area contributed by atoms with Crippen LogP contribution in [0.1, 0.15) is 39.4 Å². The molecule has 36 heavy (non-hydrogen) atoms. The number of esters is 1. The molecular weight excluding hydrogens is 474 g/mol. The van der Waals surface area contributed by atoms with Crippen molar-refractivity contribution in [2.75, 3.05) is 13.1 Å². The third-order valence-electron chi connectivity index (χ3n) is 6.59. The van der Waals surface area contributed by atoms with Crippen molar-refractivity contribution in [3.63, 3.8) is 0 Å². The summed E-state index contributed by atoms with van der Waals surface area (Å²) >= 11 is 0. The number of aromatic hydroxyl groups is 1. The van der Waals surface area contributed by atoms with Crippen molar-refractivity contribution in [1.82, 2.24) is 5.32 Å². The molecule has 0 radical (unpaired) electrons. The lowest BCUT2D eigenvalue weighted by Crippen LogP contribution is -2.40. The number of halogens is 1.